The van der Waals surface area contributed by atoms with Gasteiger partial charge in [0.05, 0.1) is 17.5 Å². The predicted molar refractivity (Wildman–Crippen MR) is 94.8 cm³/mol. The minimum absolute atomic E-state index is 0.00667. The Morgan fingerprint density at radius 1 is 0.958 bits per heavy atom. The van der Waals surface area contributed by atoms with Gasteiger partial charge in [0.15, 0.2) is 0 Å². The van der Waals surface area contributed by atoms with E-state index in [1.807, 2.05) is 0 Å². The second kappa shape index (κ2) is 6.98. The van der Waals surface area contributed by atoms with Crippen LogP contribution < -0.4 is 5.56 Å². The summed E-state index contributed by atoms with van der Waals surface area (Å²) >= 11 is 5.91. The molecule has 7 heteroatoms. The zero-order valence-electron chi connectivity index (χ0n) is 12.4. The van der Waals surface area contributed by atoms with Crippen molar-refractivity contribution >= 4 is 22.3 Å². The van der Waals surface area contributed by atoms with E-state index in [9.17, 15) is 13.2 Å². The molecule has 0 atom stereocenters. The number of aromatic nitrogens is 2. The van der Waals surface area contributed by atoms with Gasteiger partial charge in [0.25, 0.3) is 5.56 Å². The molecule has 0 fully saturated rings. The number of H-pyrrole nitrogens is 1. The van der Waals surface area contributed by atoms with Crippen LogP contribution in [-0.2, 0) is 16.5 Å². The highest BCUT2D eigenvalue weighted by Crippen LogP contribution is 2.29. The van der Waals surface area contributed by atoms with Crippen molar-refractivity contribution in [1.29, 1.82) is 0 Å². The molecule has 0 aliphatic carbocycles. The molecule has 0 spiro atoms. The van der Waals surface area contributed by atoms with Gasteiger partial charge in [-0.2, -0.15) is 5.10 Å². The predicted octanol–water partition coefficient (Wildman–Crippen LogP) is 2.87. The van der Waals surface area contributed by atoms with Crippen LogP contribution in [0.15, 0.2) is 59.5 Å². The SMILES string of the molecule is O=c1[nH]ncc(-c2ccc(C[SH](=O)=O)cc2)c1-c1ccc(Cl)cc1. The van der Waals surface area contributed by atoms with Crippen LogP contribution in [0.3, 0.4) is 0 Å². The first-order valence-corrected chi connectivity index (χ1v) is 8.83. The number of nitrogens with one attached hydrogen (secondary N) is 1. The van der Waals surface area contributed by atoms with Gasteiger partial charge in [-0.05, 0) is 28.8 Å². The van der Waals surface area contributed by atoms with Gasteiger partial charge in [0, 0.05) is 10.6 Å². The van der Waals surface area contributed by atoms with Crippen molar-refractivity contribution in [2.24, 2.45) is 0 Å². The van der Waals surface area contributed by atoms with Gasteiger partial charge in [-0.1, -0.05) is 48.0 Å². The summed E-state index contributed by atoms with van der Waals surface area (Å²) in [7, 11) is -2.47. The van der Waals surface area contributed by atoms with Gasteiger partial charge in [-0.3, -0.25) is 4.79 Å². The molecular weight excluding hydrogens is 348 g/mol. The zero-order chi connectivity index (χ0) is 17.1. The third-order valence-corrected chi connectivity index (χ3v) is 4.44. The molecule has 1 heterocycles. The van der Waals surface area contributed by atoms with E-state index in [0.717, 1.165) is 11.1 Å². The first-order valence-electron chi connectivity index (χ1n) is 7.09. The zero-order valence-corrected chi connectivity index (χ0v) is 14.1. The molecule has 0 aliphatic rings. The molecule has 0 unspecified atom stereocenters. The number of hydrogen-bond donors (Lipinski definition) is 2. The van der Waals surface area contributed by atoms with Crippen molar-refractivity contribution in [1.82, 2.24) is 10.2 Å². The van der Waals surface area contributed by atoms with E-state index in [0.29, 0.717) is 21.7 Å². The van der Waals surface area contributed by atoms with E-state index in [4.69, 9.17) is 11.6 Å². The van der Waals surface area contributed by atoms with Crippen LogP contribution in [0.5, 0.6) is 0 Å². The Bertz CT molecular complexity index is 986. The van der Waals surface area contributed by atoms with Gasteiger partial charge >= 0.3 is 0 Å². The maximum absolute atomic E-state index is 12.3. The van der Waals surface area contributed by atoms with Crippen molar-refractivity contribution in [2.75, 3.05) is 0 Å². The van der Waals surface area contributed by atoms with Gasteiger partial charge in [-0.15, -0.1) is 0 Å². The van der Waals surface area contributed by atoms with Crippen LogP contribution in [0, 0.1) is 0 Å². The number of hydrogen-bond acceptors (Lipinski definition) is 4. The van der Waals surface area contributed by atoms with E-state index >= 15 is 0 Å². The summed E-state index contributed by atoms with van der Waals surface area (Å²) in [6, 6.07) is 14.0. The first-order chi connectivity index (χ1) is 11.5. The van der Waals surface area contributed by atoms with E-state index < -0.39 is 10.7 Å². The Labute approximate surface area is 144 Å². The fourth-order valence-corrected chi connectivity index (χ4v) is 3.09. The lowest BCUT2D eigenvalue weighted by atomic mass is 9.97. The van der Waals surface area contributed by atoms with Crippen molar-refractivity contribution in [2.45, 2.75) is 5.75 Å². The smallest absolute Gasteiger partial charge is 0.267 e. The molecule has 0 saturated carbocycles. The Kier molecular flexibility index (Phi) is 4.78. The molecule has 2 aromatic carbocycles. The van der Waals surface area contributed by atoms with Crippen molar-refractivity contribution in [3.05, 3.63) is 75.7 Å². The molecular formula is C17H13ClN2O3S. The number of rotatable bonds is 4. The molecule has 5 nitrogen and oxygen atoms in total. The third-order valence-electron chi connectivity index (χ3n) is 3.57. The average Bonchev–Trinajstić information content (AvgIpc) is 2.56. The van der Waals surface area contributed by atoms with Crippen LogP contribution in [0.4, 0.5) is 0 Å². The summed E-state index contributed by atoms with van der Waals surface area (Å²) in [5.74, 6) is -0.00667. The van der Waals surface area contributed by atoms with Crippen LogP contribution in [0.25, 0.3) is 22.3 Å². The maximum atomic E-state index is 12.3. The molecule has 122 valence electrons. The number of aromatic amines is 1. The van der Waals surface area contributed by atoms with Crippen LogP contribution >= 0.6 is 11.6 Å². The highest BCUT2D eigenvalue weighted by atomic mass is 35.5. The topological polar surface area (TPSA) is 79.9 Å². The summed E-state index contributed by atoms with van der Waals surface area (Å²) in [4.78, 5) is 12.3. The second-order valence-electron chi connectivity index (χ2n) is 5.18. The Balaban J connectivity index is 2.10. The molecule has 24 heavy (non-hydrogen) atoms. The highest BCUT2D eigenvalue weighted by Gasteiger charge is 2.12. The lowest BCUT2D eigenvalue weighted by Gasteiger charge is -2.09. The lowest BCUT2D eigenvalue weighted by molar-refractivity contribution is 0.614. The van der Waals surface area contributed by atoms with Crippen molar-refractivity contribution in [3.63, 3.8) is 0 Å². The van der Waals surface area contributed by atoms with Gasteiger partial charge in [-0.25, -0.2) is 13.5 Å². The third kappa shape index (κ3) is 3.55. The molecule has 0 saturated heterocycles. The van der Waals surface area contributed by atoms with E-state index in [2.05, 4.69) is 10.2 Å². The molecule has 1 aromatic heterocycles. The van der Waals surface area contributed by atoms with E-state index in [1.54, 1.807) is 54.7 Å². The second-order valence-corrected chi connectivity index (χ2v) is 6.60. The summed E-state index contributed by atoms with van der Waals surface area (Å²) in [6.45, 7) is 0. The van der Waals surface area contributed by atoms with E-state index in [-0.39, 0.29) is 11.3 Å². The first kappa shape index (κ1) is 16.4. The Morgan fingerprint density at radius 2 is 1.58 bits per heavy atom. The van der Waals surface area contributed by atoms with Crippen LogP contribution in [0.1, 0.15) is 5.56 Å². The quantitative estimate of drug-likeness (QED) is 0.701. The van der Waals surface area contributed by atoms with E-state index in [1.165, 1.54) is 0 Å². The average molecular weight is 361 g/mol. The number of nitrogens with zero attached hydrogens (tertiary/aromatic N) is 1. The number of benzene rings is 2. The van der Waals surface area contributed by atoms with Crippen molar-refractivity contribution < 1.29 is 8.42 Å². The highest BCUT2D eigenvalue weighted by molar-refractivity contribution is 7.71. The Morgan fingerprint density at radius 3 is 2.21 bits per heavy atom. The van der Waals surface area contributed by atoms with Crippen molar-refractivity contribution in [3.8, 4) is 22.3 Å². The fraction of sp³-hybridized carbons (Fsp3) is 0.0588. The number of halogens is 1. The molecule has 0 radical (unpaired) electrons. The standard InChI is InChI=1S/C17H13ClN2O3S/c18-14-7-5-13(6-8-14)16-15(9-19-20-17(16)21)12-3-1-11(2-4-12)10-24(22)23/h1-9,24H,10H2,(H,20,21). The van der Waals surface area contributed by atoms with Gasteiger partial charge < -0.3 is 0 Å². The minimum Gasteiger partial charge on any atom is -0.267 e. The summed E-state index contributed by atoms with van der Waals surface area (Å²) < 4.78 is 21.6. The largest absolute Gasteiger partial charge is 0.272 e. The molecule has 3 aromatic rings. The molecule has 3 rings (SSSR count). The van der Waals surface area contributed by atoms with Gasteiger partial charge in [0.1, 0.15) is 10.7 Å². The normalized spacial score (nSPS) is 10.9. The fourth-order valence-electron chi connectivity index (χ4n) is 2.46. The minimum atomic E-state index is -2.47. The molecule has 1 N–H and O–H groups in total. The maximum Gasteiger partial charge on any atom is 0.272 e. The van der Waals surface area contributed by atoms with Crippen LogP contribution in [0.2, 0.25) is 5.02 Å². The molecule has 0 bridgehead atoms. The number of thiol groups is 1. The van der Waals surface area contributed by atoms with Crippen LogP contribution in [-0.4, -0.2) is 18.6 Å². The lowest BCUT2D eigenvalue weighted by Crippen LogP contribution is -2.11. The summed E-state index contributed by atoms with van der Waals surface area (Å²) in [6.07, 6.45) is 1.58. The van der Waals surface area contributed by atoms with Gasteiger partial charge in [0.2, 0.25) is 0 Å². The summed E-state index contributed by atoms with van der Waals surface area (Å²) in [5.41, 5.74) is 3.05. The summed E-state index contributed by atoms with van der Waals surface area (Å²) in [5, 5.41) is 6.90. The molecule has 0 amide bonds. The Hall–Kier alpha value is -2.44. The monoisotopic (exact) mass is 360 g/mol. The molecule has 0 aliphatic heterocycles.